The van der Waals surface area contributed by atoms with E-state index in [1.165, 1.54) is 0 Å². The van der Waals surface area contributed by atoms with Gasteiger partial charge in [-0.2, -0.15) is 0 Å². The molecule has 0 bridgehead atoms. The molecule has 1 atom stereocenters. The van der Waals surface area contributed by atoms with E-state index in [4.69, 9.17) is 0 Å². The van der Waals surface area contributed by atoms with Crippen LogP contribution in [0.25, 0.3) is 0 Å². The first-order valence-corrected chi connectivity index (χ1v) is 4.78. The van der Waals surface area contributed by atoms with Crippen LogP contribution in [0.5, 0.6) is 0 Å². The van der Waals surface area contributed by atoms with Crippen LogP contribution in [0.4, 0.5) is 0 Å². The summed E-state index contributed by atoms with van der Waals surface area (Å²) in [6.45, 7) is 5.13. The fraction of sp³-hybridized carbons (Fsp3) is 0.417. The van der Waals surface area contributed by atoms with Crippen molar-refractivity contribution in [2.75, 3.05) is 0 Å². The van der Waals surface area contributed by atoms with Gasteiger partial charge in [-0.15, -0.1) is 0 Å². The van der Waals surface area contributed by atoms with Crippen LogP contribution >= 0.6 is 0 Å². The number of rotatable bonds is 3. The van der Waals surface area contributed by atoms with Gasteiger partial charge >= 0.3 is 0 Å². The lowest BCUT2D eigenvalue weighted by Crippen LogP contribution is -2.35. The van der Waals surface area contributed by atoms with Crippen molar-refractivity contribution in [2.24, 2.45) is 5.92 Å². The van der Waals surface area contributed by atoms with Crippen molar-refractivity contribution in [1.29, 1.82) is 0 Å². The molecule has 0 saturated heterocycles. The SMILES string of the molecule is CC(C)C(=O)[C@@](C)(O)c1ccccc1. The molecule has 1 rings (SSSR count). The van der Waals surface area contributed by atoms with Crippen molar-refractivity contribution in [2.45, 2.75) is 26.4 Å². The molecule has 0 aliphatic rings. The number of aliphatic hydroxyl groups is 1. The molecule has 0 aliphatic carbocycles. The minimum absolute atomic E-state index is 0.149. The summed E-state index contributed by atoms with van der Waals surface area (Å²) in [5, 5.41) is 10.1. The lowest BCUT2D eigenvalue weighted by molar-refractivity contribution is -0.139. The standard InChI is InChI=1S/C12H16O2/c1-9(2)11(13)12(3,14)10-7-5-4-6-8-10/h4-9,14H,1-3H3/t12-/m0/s1. The van der Waals surface area contributed by atoms with Crippen LogP contribution in [-0.2, 0) is 10.4 Å². The lowest BCUT2D eigenvalue weighted by Gasteiger charge is -2.24. The van der Waals surface area contributed by atoms with Gasteiger partial charge in [-0.05, 0) is 12.5 Å². The molecule has 1 N–H and O–H groups in total. The Labute approximate surface area is 84.6 Å². The summed E-state index contributed by atoms with van der Waals surface area (Å²) in [6.07, 6.45) is 0. The predicted molar refractivity (Wildman–Crippen MR) is 55.9 cm³/mol. The van der Waals surface area contributed by atoms with Crippen molar-refractivity contribution in [1.82, 2.24) is 0 Å². The van der Waals surface area contributed by atoms with Gasteiger partial charge in [0.15, 0.2) is 5.78 Å². The third-order valence-corrected chi connectivity index (χ3v) is 2.34. The van der Waals surface area contributed by atoms with E-state index in [1.54, 1.807) is 32.9 Å². The van der Waals surface area contributed by atoms with Gasteiger partial charge in [-0.25, -0.2) is 0 Å². The van der Waals surface area contributed by atoms with E-state index in [2.05, 4.69) is 0 Å². The van der Waals surface area contributed by atoms with Gasteiger partial charge in [-0.3, -0.25) is 4.79 Å². The highest BCUT2D eigenvalue weighted by molar-refractivity contribution is 5.89. The molecule has 76 valence electrons. The van der Waals surface area contributed by atoms with Gasteiger partial charge in [0.25, 0.3) is 0 Å². The minimum atomic E-state index is -1.37. The number of carbonyl (C=O) groups excluding carboxylic acids is 1. The van der Waals surface area contributed by atoms with Crippen LogP contribution in [0.15, 0.2) is 30.3 Å². The molecule has 14 heavy (non-hydrogen) atoms. The summed E-state index contributed by atoms with van der Waals surface area (Å²) in [5.74, 6) is -0.311. The zero-order valence-electron chi connectivity index (χ0n) is 8.82. The highest BCUT2D eigenvalue weighted by Crippen LogP contribution is 2.24. The van der Waals surface area contributed by atoms with Crippen molar-refractivity contribution in [3.8, 4) is 0 Å². The van der Waals surface area contributed by atoms with Gasteiger partial charge < -0.3 is 5.11 Å². The van der Waals surface area contributed by atoms with Crippen molar-refractivity contribution < 1.29 is 9.90 Å². The number of carbonyl (C=O) groups is 1. The maximum atomic E-state index is 11.7. The van der Waals surface area contributed by atoms with Crippen LogP contribution in [-0.4, -0.2) is 10.9 Å². The van der Waals surface area contributed by atoms with E-state index in [1.807, 2.05) is 18.2 Å². The molecule has 2 nitrogen and oxygen atoms in total. The van der Waals surface area contributed by atoms with Crippen LogP contribution in [0, 0.1) is 5.92 Å². The highest BCUT2D eigenvalue weighted by Gasteiger charge is 2.33. The largest absolute Gasteiger partial charge is 0.378 e. The maximum Gasteiger partial charge on any atom is 0.171 e. The van der Waals surface area contributed by atoms with Crippen LogP contribution in [0.2, 0.25) is 0 Å². The second-order valence-electron chi connectivity index (χ2n) is 3.96. The normalized spacial score (nSPS) is 15.2. The summed E-state index contributed by atoms with van der Waals surface area (Å²) in [5.41, 5.74) is -0.714. The first-order chi connectivity index (χ1) is 6.46. The monoisotopic (exact) mass is 192 g/mol. The van der Waals surface area contributed by atoms with Crippen molar-refractivity contribution in [3.63, 3.8) is 0 Å². The Morgan fingerprint density at radius 2 is 1.79 bits per heavy atom. The van der Waals surface area contributed by atoms with E-state index in [9.17, 15) is 9.90 Å². The zero-order valence-corrected chi connectivity index (χ0v) is 8.82. The molecule has 0 radical (unpaired) electrons. The van der Waals surface area contributed by atoms with Crippen LogP contribution < -0.4 is 0 Å². The quantitative estimate of drug-likeness (QED) is 0.796. The Bertz CT molecular complexity index is 312. The summed E-state index contributed by atoms with van der Waals surface area (Å²) in [6, 6.07) is 9.02. The van der Waals surface area contributed by atoms with Gasteiger partial charge in [0.05, 0.1) is 0 Å². The topological polar surface area (TPSA) is 37.3 Å². The Balaban J connectivity index is 3.02. The molecule has 2 heteroatoms. The Hall–Kier alpha value is -1.15. The second-order valence-corrected chi connectivity index (χ2v) is 3.96. The molecule has 0 saturated carbocycles. The molecular formula is C12H16O2. The third kappa shape index (κ3) is 2.02. The van der Waals surface area contributed by atoms with E-state index in [-0.39, 0.29) is 11.7 Å². The third-order valence-electron chi connectivity index (χ3n) is 2.34. The molecular weight excluding hydrogens is 176 g/mol. The molecule has 0 aliphatic heterocycles. The first-order valence-electron chi connectivity index (χ1n) is 4.78. The first kappa shape index (κ1) is 10.9. The smallest absolute Gasteiger partial charge is 0.171 e. The Morgan fingerprint density at radius 1 is 1.29 bits per heavy atom. The van der Waals surface area contributed by atoms with Crippen molar-refractivity contribution >= 4 is 5.78 Å². The maximum absolute atomic E-state index is 11.7. The molecule has 1 aromatic rings. The van der Waals surface area contributed by atoms with E-state index in [0.717, 1.165) is 0 Å². The molecule has 0 aromatic heterocycles. The summed E-state index contributed by atoms with van der Waals surface area (Å²) in [4.78, 5) is 11.7. The Kier molecular flexibility index (Phi) is 3.06. The lowest BCUT2D eigenvalue weighted by atomic mass is 9.86. The molecule has 0 amide bonds. The van der Waals surface area contributed by atoms with E-state index in [0.29, 0.717) is 5.56 Å². The van der Waals surface area contributed by atoms with Gasteiger partial charge in [0.1, 0.15) is 5.60 Å². The summed E-state index contributed by atoms with van der Waals surface area (Å²) in [7, 11) is 0. The van der Waals surface area contributed by atoms with Crippen LogP contribution in [0.1, 0.15) is 26.3 Å². The van der Waals surface area contributed by atoms with Gasteiger partial charge in [0.2, 0.25) is 0 Å². The summed E-state index contributed by atoms with van der Waals surface area (Å²) < 4.78 is 0. The number of hydrogen-bond donors (Lipinski definition) is 1. The minimum Gasteiger partial charge on any atom is -0.378 e. The predicted octanol–water partition coefficient (Wildman–Crippen LogP) is 2.12. The molecule has 0 heterocycles. The second kappa shape index (κ2) is 3.93. The number of hydrogen-bond acceptors (Lipinski definition) is 2. The number of ketones is 1. The molecule has 0 unspecified atom stereocenters. The highest BCUT2D eigenvalue weighted by atomic mass is 16.3. The average molecular weight is 192 g/mol. The Morgan fingerprint density at radius 3 is 2.21 bits per heavy atom. The fourth-order valence-electron chi connectivity index (χ4n) is 1.47. The van der Waals surface area contributed by atoms with Gasteiger partial charge in [-0.1, -0.05) is 44.2 Å². The molecule has 0 fully saturated rings. The zero-order chi connectivity index (χ0) is 10.8. The van der Waals surface area contributed by atoms with Gasteiger partial charge in [0, 0.05) is 5.92 Å². The van der Waals surface area contributed by atoms with Crippen LogP contribution in [0.3, 0.4) is 0 Å². The molecule has 0 spiro atoms. The molecule has 1 aromatic carbocycles. The van der Waals surface area contributed by atoms with Crippen molar-refractivity contribution in [3.05, 3.63) is 35.9 Å². The summed E-state index contributed by atoms with van der Waals surface area (Å²) >= 11 is 0. The number of benzene rings is 1. The van der Waals surface area contributed by atoms with E-state index < -0.39 is 5.60 Å². The fourth-order valence-corrected chi connectivity index (χ4v) is 1.47. The van der Waals surface area contributed by atoms with E-state index >= 15 is 0 Å². The average Bonchev–Trinajstić information content (AvgIpc) is 2.18. The number of Topliss-reactive ketones (excluding diaryl/α,β-unsaturated/α-hetero) is 1.